The summed E-state index contributed by atoms with van der Waals surface area (Å²) in [5.41, 5.74) is 0.741. The number of ether oxygens (including phenoxy) is 1. The third-order valence-corrected chi connectivity index (χ3v) is 4.99. The van der Waals surface area contributed by atoms with E-state index in [4.69, 9.17) is 4.74 Å². The number of aromatic nitrogens is 3. The number of nitrogens with zero attached hydrogens (tertiary/aromatic N) is 2. The van der Waals surface area contributed by atoms with Crippen molar-refractivity contribution in [2.45, 2.75) is 30.6 Å². The first-order chi connectivity index (χ1) is 12.4. The SMILES string of the molecule is O=C(NC(CCCS(=O)(=O)c1ncn[nH]1)C(=O)[O-])OCc1ccccc1. The van der Waals surface area contributed by atoms with Crippen LogP contribution in [0, 0.1) is 0 Å². The van der Waals surface area contributed by atoms with Crippen LogP contribution in [0.15, 0.2) is 41.8 Å². The van der Waals surface area contributed by atoms with Gasteiger partial charge in [-0.05, 0) is 18.4 Å². The van der Waals surface area contributed by atoms with Crippen LogP contribution < -0.4 is 10.4 Å². The first-order valence-corrected chi connectivity index (χ1v) is 9.30. The van der Waals surface area contributed by atoms with Gasteiger partial charge in [0.2, 0.25) is 15.0 Å². The number of amides is 1. The molecular weight excluding hydrogens is 364 g/mol. The molecule has 0 fully saturated rings. The summed E-state index contributed by atoms with van der Waals surface area (Å²) in [7, 11) is -3.70. The lowest BCUT2D eigenvalue weighted by Crippen LogP contribution is -2.48. The summed E-state index contributed by atoms with van der Waals surface area (Å²) in [5.74, 6) is -1.88. The molecular formula is C15H17N4O6S-. The fourth-order valence-corrected chi connectivity index (χ4v) is 3.21. The third kappa shape index (κ3) is 5.84. The average molecular weight is 381 g/mol. The molecule has 1 aromatic carbocycles. The van der Waals surface area contributed by atoms with E-state index in [9.17, 15) is 23.1 Å². The molecule has 0 saturated carbocycles. The summed E-state index contributed by atoms with van der Waals surface area (Å²) in [5, 5.41) is 18.7. The van der Waals surface area contributed by atoms with Crippen LogP contribution in [0.5, 0.6) is 0 Å². The van der Waals surface area contributed by atoms with Crippen molar-refractivity contribution in [1.29, 1.82) is 0 Å². The number of aromatic amines is 1. The lowest BCUT2D eigenvalue weighted by molar-refractivity contribution is -0.308. The summed E-state index contributed by atoms with van der Waals surface area (Å²) in [4.78, 5) is 26.4. The van der Waals surface area contributed by atoms with E-state index in [2.05, 4.69) is 20.5 Å². The van der Waals surface area contributed by atoms with E-state index in [1.54, 1.807) is 24.3 Å². The number of carboxylic acid groups (broad SMARTS) is 1. The molecule has 1 atom stereocenters. The van der Waals surface area contributed by atoms with Crippen LogP contribution in [0.4, 0.5) is 4.79 Å². The van der Waals surface area contributed by atoms with Crippen molar-refractivity contribution < 1.29 is 27.9 Å². The Morgan fingerprint density at radius 2 is 2.00 bits per heavy atom. The van der Waals surface area contributed by atoms with Crippen molar-refractivity contribution in [3.05, 3.63) is 42.2 Å². The minimum atomic E-state index is -3.70. The summed E-state index contributed by atoms with van der Waals surface area (Å²) in [6.45, 7) is -0.0215. The van der Waals surface area contributed by atoms with E-state index >= 15 is 0 Å². The van der Waals surface area contributed by atoms with Crippen LogP contribution in [0.3, 0.4) is 0 Å². The molecule has 2 rings (SSSR count). The van der Waals surface area contributed by atoms with Gasteiger partial charge in [0.1, 0.15) is 12.9 Å². The molecule has 10 nitrogen and oxygen atoms in total. The molecule has 2 N–H and O–H groups in total. The van der Waals surface area contributed by atoms with Crippen molar-refractivity contribution in [2.75, 3.05) is 5.75 Å². The Hall–Kier alpha value is -2.95. The predicted octanol–water partition coefficient (Wildman–Crippen LogP) is -0.596. The van der Waals surface area contributed by atoms with Crippen LogP contribution in [0.1, 0.15) is 18.4 Å². The summed E-state index contributed by atoms with van der Waals surface area (Å²) in [6.07, 6.45) is -0.0427. The van der Waals surface area contributed by atoms with Gasteiger partial charge in [0, 0.05) is 0 Å². The molecule has 1 aromatic heterocycles. The molecule has 0 aliphatic heterocycles. The largest absolute Gasteiger partial charge is 0.548 e. The van der Waals surface area contributed by atoms with Crippen LogP contribution in [-0.4, -0.2) is 47.5 Å². The van der Waals surface area contributed by atoms with Gasteiger partial charge >= 0.3 is 6.09 Å². The molecule has 0 spiro atoms. The zero-order valence-electron chi connectivity index (χ0n) is 13.6. The highest BCUT2D eigenvalue weighted by Gasteiger charge is 2.20. The highest BCUT2D eigenvalue weighted by Crippen LogP contribution is 2.08. The van der Waals surface area contributed by atoms with Gasteiger partial charge in [0.25, 0.3) is 0 Å². The van der Waals surface area contributed by atoms with Crippen LogP contribution >= 0.6 is 0 Å². The number of aliphatic carboxylic acids is 1. The Bertz CT molecular complexity index is 823. The van der Waals surface area contributed by atoms with Gasteiger partial charge in [-0.2, -0.15) is 5.10 Å². The Kier molecular flexibility index (Phi) is 6.67. The summed E-state index contributed by atoms with van der Waals surface area (Å²) < 4.78 is 28.8. The molecule has 0 radical (unpaired) electrons. The van der Waals surface area contributed by atoms with Crippen molar-refractivity contribution in [2.24, 2.45) is 0 Å². The Balaban J connectivity index is 1.81. The Labute approximate surface area is 149 Å². The van der Waals surface area contributed by atoms with Gasteiger partial charge in [-0.1, -0.05) is 30.3 Å². The van der Waals surface area contributed by atoms with E-state index in [1.807, 2.05) is 6.07 Å². The van der Waals surface area contributed by atoms with Crippen LogP contribution in [0.25, 0.3) is 0 Å². The van der Waals surface area contributed by atoms with Crippen LogP contribution in [-0.2, 0) is 26.0 Å². The number of sulfone groups is 1. The molecule has 0 saturated heterocycles. The first kappa shape index (κ1) is 19.4. The van der Waals surface area contributed by atoms with Gasteiger partial charge in [-0.3, -0.25) is 5.10 Å². The highest BCUT2D eigenvalue weighted by molar-refractivity contribution is 7.91. The number of alkyl carbamates (subject to hydrolysis) is 1. The predicted molar refractivity (Wildman–Crippen MR) is 86.2 cm³/mol. The lowest BCUT2D eigenvalue weighted by Gasteiger charge is -2.19. The molecule has 1 amide bonds. The van der Waals surface area contributed by atoms with Gasteiger partial charge in [0.05, 0.1) is 17.8 Å². The maximum absolute atomic E-state index is 11.9. The second-order valence-electron chi connectivity index (χ2n) is 5.33. The number of carboxylic acids is 1. The van der Waals surface area contributed by atoms with E-state index in [0.717, 1.165) is 11.9 Å². The van der Waals surface area contributed by atoms with E-state index in [1.165, 1.54) is 0 Å². The normalized spacial score (nSPS) is 12.3. The first-order valence-electron chi connectivity index (χ1n) is 7.64. The zero-order valence-corrected chi connectivity index (χ0v) is 14.4. The smallest absolute Gasteiger partial charge is 0.407 e. The number of carbonyl (C=O) groups is 2. The summed E-state index contributed by atoms with van der Waals surface area (Å²) in [6, 6.07) is 7.48. The molecule has 0 aliphatic rings. The quantitative estimate of drug-likeness (QED) is 0.584. The number of carbonyl (C=O) groups excluding carboxylic acids is 2. The van der Waals surface area contributed by atoms with E-state index in [0.29, 0.717) is 0 Å². The van der Waals surface area contributed by atoms with Gasteiger partial charge in [-0.25, -0.2) is 18.2 Å². The van der Waals surface area contributed by atoms with Crippen molar-refractivity contribution >= 4 is 21.9 Å². The number of nitrogens with one attached hydrogen (secondary N) is 2. The highest BCUT2D eigenvalue weighted by atomic mass is 32.2. The topological polar surface area (TPSA) is 154 Å². The van der Waals surface area contributed by atoms with Crippen molar-refractivity contribution in [3.8, 4) is 0 Å². The van der Waals surface area contributed by atoms with Gasteiger partial charge in [-0.15, -0.1) is 0 Å². The zero-order chi connectivity index (χ0) is 19.0. The second-order valence-corrected chi connectivity index (χ2v) is 7.35. The van der Waals surface area contributed by atoms with E-state index < -0.39 is 27.9 Å². The monoisotopic (exact) mass is 381 g/mol. The summed E-state index contributed by atoms with van der Waals surface area (Å²) >= 11 is 0. The molecule has 1 unspecified atom stereocenters. The fourth-order valence-electron chi connectivity index (χ4n) is 2.07. The number of H-pyrrole nitrogens is 1. The second kappa shape index (κ2) is 8.94. The number of hydrogen-bond donors (Lipinski definition) is 2. The minimum Gasteiger partial charge on any atom is -0.548 e. The number of rotatable bonds is 9. The molecule has 0 bridgehead atoms. The molecule has 11 heteroatoms. The average Bonchev–Trinajstić information content (AvgIpc) is 3.15. The Morgan fingerprint density at radius 1 is 1.27 bits per heavy atom. The van der Waals surface area contributed by atoms with Crippen molar-refractivity contribution in [1.82, 2.24) is 20.5 Å². The standard InChI is InChI=1S/C15H18N4O6S/c20-13(21)12(7-4-8-26(23,24)14-16-10-17-19-14)18-15(22)25-9-11-5-2-1-3-6-11/h1-3,5-6,10,12H,4,7-9H2,(H,18,22)(H,20,21)(H,16,17,19)/p-1. The molecule has 26 heavy (non-hydrogen) atoms. The fraction of sp³-hybridized carbons (Fsp3) is 0.333. The maximum Gasteiger partial charge on any atom is 0.407 e. The lowest BCUT2D eigenvalue weighted by atomic mass is 10.2. The van der Waals surface area contributed by atoms with Gasteiger partial charge in [0.15, 0.2) is 0 Å². The molecule has 1 heterocycles. The Morgan fingerprint density at radius 3 is 2.62 bits per heavy atom. The maximum atomic E-state index is 11.9. The number of benzene rings is 1. The third-order valence-electron chi connectivity index (χ3n) is 3.38. The van der Waals surface area contributed by atoms with Crippen LogP contribution in [0.2, 0.25) is 0 Å². The van der Waals surface area contributed by atoms with E-state index in [-0.39, 0.29) is 30.4 Å². The molecule has 2 aromatic rings. The van der Waals surface area contributed by atoms with Crippen molar-refractivity contribution in [3.63, 3.8) is 0 Å². The van der Waals surface area contributed by atoms with Gasteiger partial charge < -0.3 is 20.0 Å². The number of hydrogen-bond acceptors (Lipinski definition) is 8. The molecule has 0 aliphatic carbocycles. The molecule has 140 valence electrons. The minimum absolute atomic E-state index is 0.0215.